The minimum Gasteiger partial charge on any atom is -0.482 e. The van der Waals surface area contributed by atoms with Gasteiger partial charge in [0.15, 0.2) is 6.61 Å². The largest absolute Gasteiger partial charge is 0.482 e. The van der Waals surface area contributed by atoms with E-state index in [9.17, 15) is 18.2 Å². The fourth-order valence-electron chi connectivity index (χ4n) is 5.28. The van der Waals surface area contributed by atoms with Gasteiger partial charge in [-0.25, -0.2) is 17.9 Å². The number of benzene rings is 1. The van der Waals surface area contributed by atoms with Crippen LogP contribution in [0, 0.1) is 17.1 Å². The highest BCUT2D eigenvalue weighted by atomic mass is 35.5. The number of hydrogen-bond acceptors (Lipinski definition) is 8. The quantitative estimate of drug-likeness (QED) is 0.300. The van der Waals surface area contributed by atoms with E-state index in [4.69, 9.17) is 33.2 Å². The number of carbonyl (C=O) groups is 2. The molecule has 0 saturated carbocycles. The van der Waals surface area contributed by atoms with Crippen LogP contribution in [0.1, 0.15) is 60.4 Å². The molecule has 2 aliphatic heterocycles. The molecule has 4 heterocycles. The maximum Gasteiger partial charge on any atom is 0.265 e. The van der Waals surface area contributed by atoms with Crippen molar-refractivity contribution in [1.29, 1.82) is 5.41 Å². The predicted molar refractivity (Wildman–Crippen MR) is 174 cm³/mol. The average molecular weight is 658 g/mol. The zero-order valence-electron chi connectivity index (χ0n) is 25.4. The summed E-state index contributed by atoms with van der Waals surface area (Å²) in [6.07, 6.45) is 8.30. The number of carbonyl (C=O) groups excluding carboxylic acids is 2. The Hall–Kier alpha value is -3.94. The Morgan fingerprint density at radius 1 is 1.22 bits per heavy atom. The van der Waals surface area contributed by atoms with E-state index in [1.165, 1.54) is 30.4 Å². The third-order valence-electron chi connectivity index (χ3n) is 7.39. The van der Waals surface area contributed by atoms with Gasteiger partial charge in [0.1, 0.15) is 17.4 Å². The Kier molecular flexibility index (Phi) is 11.2. The highest BCUT2D eigenvalue weighted by molar-refractivity contribution is 7.81. The van der Waals surface area contributed by atoms with E-state index in [0.29, 0.717) is 34.7 Å². The number of amides is 2. The van der Waals surface area contributed by atoms with E-state index >= 15 is 0 Å². The lowest BCUT2D eigenvalue weighted by Gasteiger charge is -2.30. The van der Waals surface area contributed by atoms with Crippen LogP contribution in [-0.2, 0) is 28.7 Å². The summed E-state index contributed by atoms with van der Waals surface area (Å²) in [5.41, 5.74) is 14.1. The highest BCUT2D eigenvalue weighted by Gasteiger charge is 2.29. The molecule has 5 rings (SSSR count). The molecule has 14 heteroatoms. The molecule has 1 fully saturated rings. The maximum atomic E-state index is 14.4. The number of halogens is 2. The Balaban J connectivity index is 0.000000440. The van der Waals surface area contributed by atoms with Crippen molar-refractivity contribution in [2.45, 2.75) is 46.1 Å². The maximum absolute atomic E-state index is 14.4. The van der Waals surface area contributed by atoms with Crippen molar-refractivity contribution in [2.24, 2.45) is 11.7 Å². The molecule has 5 N–H and O–H groups in total. The summed E-state index contributed by atoms with van der Waals surface area (Å²) < 4.78 is 32.9. The van der Waals surface area contributed by atoms with Crippen LogP contribution >= 0.6 is 11.6 Å². The lowest BCUT2D eigenvalue weighted by molar-refractivity contribution is -0.121. The normalized spacial score (nSPS) is 15.5. The van der Waals surface area contributed by atoms with E-state index in [2.05, 4.69) is 9.97 Å². The van der Waals surface area contributed by atoms with E-state index in [0.717, 1.165) is 25.4 Å². The number of anilines is 2. The van der Waals surface area contributed by atoms with Crippen LogP contribution in [-0.4, -0.2) is 62.5 Å². The van der Waals surface area contributed by atoms with E-state index in [-0.39, 0.29) is 52.6 Å². The fraction of sp³-hybridized carbons (Fsp3) is 0.387. The van der Waals surface area contributed by atoms with Crippen LogP contribution in [0.4, 0.5) is 15.9 Å². The summed E-state index contributed by atoms with van der Waals surface area (Å²) in [5.74, 6) is -1.12. The molecule has 0 spiro atoms. The second kappa shape index (κ2) is 14.9. The van der Waals surface area contributed by atoms with Crippen molar-refractivity contribution in [1.82, 2.24) is 14.3 Å². The summed E-state index contributed by atoms with van der Waals surface area (Å²) in [5, 5.41) is 8.05. The Morgan fingerprint density at radius 3 is 2.51 bits per heavy atom. The van der Waals surface area contributed by atoms with Gasteiger partial charge < -0.3 is 21.6 Å². The number of nitrogens with zero attached hydrogens (tertiary/aromatic N) is 4. The number of aromatic nitrogens is 2. The number of piperidine rings is 1. The monoisotopic (exact) mass is 657 g/mol. The number of primary amides is 1. The third-order valence-corrected chi connectivity index (χ3v) is 8.69. The zero-order valence-corrected chi connectivity index (χ0v) is 27.0. The van der Waals surface area contributed by atoms with Gasteiger partial charge in [-0.2, -0.15) is 0 Å². The number of rotatable bonds is 8. The summed E-state index contributed by atoms with van der Waals surface area (Å²) >= 11 is 5.79. The SMILES string of the molecule is CC(C)Cc1nc(N)c(C=N)c(-c2ccc3c(c2)OCC(=O)N3Cc2ncc(Cl)cc2F)c1C(N)=O.CS(=O)N1CCCCC1. The van der Waals surface area contributed by atoms with Gasteiger partial charge in [-0.15, -0.1) is 0 Å². The van der Waals surface area contributed by atoms with Crippen molar-refractivity contribution in [3.63, 3.8) is 0 Å². The first-order valence-electron chi connectivity index (χ1n) is 14.5. The molecule has 3 aromatic rings. The van der Waals surface area contributed by atoms with Crippen LogP contribution in [0.2, 0.25) is 5.02 Å². The first-order chi connectivity index (χ1) is 21.4. The lowest BCUT2D eigenvalue weighted by atomic mass is 9.90. The second-order valence-electron chi connectivity index (χ2n) is 11.2. The topological polar surface area (TPSA) is 169 Å². The minimum absolute atomic E-state index is 0.0482. The molecule has 1 aromatic carbocycles. The highest BCUT2D eigenvalue weighted by Crippen LogP contribution is 2.40. The molecule has 2 aromatic heterocycles. The molecule has 1 atom stereocenters. The Morgan fingerprint density at radius 2 is 1.93 bits per heavy atom. The van der Waals surface area contributed by atoms with Crippen LogP contribution in [0.5, 0.6) is 5.75 Å². The van der Waals surface area contributed by atoms with E-state index in [1.807, 2.05) is 18.2 Å². The molecule has 0 aliphatic carbocycles. The average Bonchev–Trinajstić information content (AvgIpc) is 2.99. The third kappa shape index (κ3) is 8.02. The van der Waals surface area contributed by atoms with Gasteiger partial charge in [0.25, 0.3) is 11.8 Å². The van der Waals surface area contributed by atoms with Gasteiger partial charge in [-0.3, -0.25) is 19.5 Å². The van der Waals surface area contributed by atoms with Crippen molar-refractivity contribution in [2.75, 3.05) is 36.6 Å². The van der Waals surface area contributed by atoms with Gasteiger partial charge >= 0.3 is 0 Å². The standard InChI is InChI=1S/C25H24ClFN6O3.C6H13NOS/c1-12(2)5-17-23(25(30)35)22(15(8-28)24(29)32-17)13-3-4-19-20(6-13)36-11-21(34)33(19)10-18-16(27)7-14(26)9-31-18;1-9(8)7-5-3-2-4-6-7/h3-4,6-9,12,28H,5,10-11H2,1-2H3,(H2,29,32)(H2,30,35);2-6H2,1H3. The first-order valence-corrected chi connectivity index (χ1v) is 16.4. The molecule has 2 amide bonds. The van der Waals surface area contributed by atoms with E-state index < -0.39 is 22.7 Å². The minimum atomic E-state index is -0.719. The number of nitrogens with two attached hydrogens (primary N) is 2. The molecule has 0 radical (unpaired) electrons. The number of ether oxygens (including phenoxy) is 1. The summed E-state index contributed by atoms with van der Waals surface area (Å²) in [6, 6.07) is 6.04. The van der Waals surface area contributed by atoms with Crippen LogP contribution in [0.25, 0.3) is 11.1 Å². The smallest absolute Gasteiger partial charge is 0.265 e. The van der Waals surface area contributed by atoms with Crippen molar-refractivity contribution < 1.29 is 22.9 Å². The van der Waals surface area contributed by atoms with Gasteiger partial charge in [-0.1, -0.05) is 37.9 Å². The number of nitrogen functional groups attached to an aromatic ring is 1. The Bertz CT molecular complexity index is 1630. The first kappa shape index (κ1) is 33.9. The van der Waals surface area contributed by atoms with Crippen molar-refractivity contribution in [3.8, 4) is 16.9 Å². The molecule has 11 nitrogen and oxygen atoms in total. The van der Waals surface area contributed by atoms with Gasteiger partial charge in [-0.05, 0) is 48.9 Å². The van der Waals surface area contributed by atoms with Crippen molar-refractivity contribution >= 4 is 52.1 Å². The second-order valence-corrected chi connectivity index (χ2v) is 13.0. The molecule has 2 aliphatic rings. The van der Waals surface area contributed by atoms with Crippen LogP contribution in [0.3, 0.4) is 0 Å². The van der Waals surface area contributed by atoms with Crippen LogP contribution < -0.4 is 21.1 Å². The van der Waals surface area contributed by atoms with Crippen LogP contribution in [0.15, 0.2) is 30.5 Å². The van der Waals surface area contributed by atoms with Gasteiger partial charge in [0.2, 0.25) is 0 Å². The number of fused-ring (bicyclic) bond motifs is 1. The zero-order chi connectivity index (χ0) is 32.8. The molecule has 45 heavy (non-hydrogen) atoms. The van der Waals surface area contributed by atoms with E-state index in [1.54, 1.807) is 24.5 Å². The molecule has 0 bridgehead atoms. The predicted octanol–water partition coefficient (Wildman–Crippen LogP) is 4.50. The fourth-order valence-corrected chi connectivity index (χ4v) is 6.20. The molecular formula is C31H37ClFN7O4S. The number of pyridine rings is 2. The number of hydrogen-bond donors (Lipinski definition) is 3. The molecular weight excluding hydrogens is 621 g/mol. The van der Waals surface area contributed by atoms with Gasteiger partial charge in [0, 0.05) is 42.9 Å². The summed E-state index contributed by atoms with van der Waals surface area (Å²) in [6.45, 7) is 5.61. The summed E-state index contributed by atoms with van der Waals surface area (Å²) in [4.78, 5) is 34.9. The Labute approximate surface area is 269 Å². The number of nitrogens with one attached hydrogen (secondary N) is 1. The molecule has 1 unspecified atom stereocenters. The van der Waals surface area contributed by atoms with Crippen molar-refractivity contribution in [3.05, 3.63) is 63.8 Å². The van der Waals surface area contributed by atoms with Gasteiger partial charge in [0.05, 0.1) is 45.2 Å². The lowest BCUT2D eigenvalue weighted by Crippen LogP contribution is -2.38. The molecule has 1 saturated heterocycles. The molecule has 240 valence electrons. The summed E-state index contributed by atoms with van der Waals surface area (Å²) in [7, 11) is -0.719.